The monoisotopic (exact) mass is 404 g/mol. The Bertz CT molecular complexity index is 893. The molecule has 0 spiro atoms. The van der Waals surface area contributed by atoms with Gasteiger partial charge in [-0.3, -0.25) is 4.79 Å². The molecule has 0 saturated carbocycles. The summed E-state index contributed by atoms with van der Waals surface area (Å²) in [5.41, 5.74) is 1.63. The summed E-state index contributed by atoms with van der Waals surface area (Å²) in [7, 11) is -0.0162. The van der Waals surface area contributed by atoms with Crippen LogP contribution in [0.25, 0.3) is 11.1 Å². The maximum atomic E-state index is 12.7. The molecule has 0 fully saturated rings. The molecule has 0 saturated heterocycles. The number of nitrogens with one attached hydrogen (secondary N) is 1. The predicted octanol–water partition coefficient (Wildman–Crippen LogP) is 4.12. The highest BCUT2D eigenvalue weighted by molar-refractivity contribution is 7.84. The number of nitrogens with zero attached hydrogens (tertiary/aromatic N) is 1. The quantitative estimate of drug-likeness (QED) is 0.735. The lowest BCUT2D eigenvalue weighted by molar-refractivity contribution is -0.142. The van der Waals surface area contributed by atoms with Crippen LogP contribution in [0.15, 0.2) is 35.7 Å². The molecule has 1 unspecified atom stereocenters. The van der Waals surface area contributed by atoms with Gasteiger partial charge < -0.3 is 4.74 Å². The van der Waals surface area contributed by atoms with Crippen LogP contribution in [-0.4, -0.2) is 22.0 Å². The molecule has 2 rings (SSSR count). The normalized spacial score (nSPS) is 14.8. The first-order chi connectivity index (χ1) is 12.6. The van der Waals surface area contributed by atoms with Gasteiger partial charge in [0.05, 0.1) is 46.4 Å². The highest BCUT2D eigenvalue weighted by Gasteiger charge is 2.36. The average molecular weight is 405 g/mol. The standard InChI is InChI=1S/C20H24N2O3S2/c1-19(2,3)27(24)22-20(4,11-18(23)25-5)17-10-16(13-26-17)15-8-6-7-14(9-15)12-21/h6-10,13,22H,11H2,1-5H3/t20-,27?/m0/s1. The summed E-state index contributed by atoms with van der Waals surface area (Å²) in [6, 6.07) is 11.5. The van der Waals surface area contributed by atoms with E-state index in [0.717, 1.165) is 16.0 Å². The number of carbonyl (C=O) groups is 1. The molecule has 2 atom stereocenters. The Morgan fingerprint density at radius 1 is 1.26 bits per heavy atom. The fourth-order valence-corrected chi connectivity index (χ4v) is 4.44. The van der Waals surface area contributed by atoms with E-state index >= 15 is 0 Å². The first kappa shape index (κ1) is 21.3. The van der Waals surface area contributed by atoms with Crippen molar-refractivity contribution in [1.29, 1.82) is 5.26 Å². The second-order valence-electron chi connectivity index (χ2n) is 7.46. The van der Waals surface area contributed by atoms with E-state index < -0.39 is 21.3 Å². The van der Waals surface area contributed by atoms with Crippen LogP contribution >= 0.6 is 11.3 Å². The molecule has 0 aliphatic heterocycles. The maximum Gasteiger partial charge on any atom is 0.307 e. The number of hydrogen-bond acceptors (Lipinski definition) is 5. The molecular weight excluding hydrogens is 380 g/mol. The first-order valence-electron chi connectivity index (χ1n) is 8.45. The van der Waals surface area contributed by atoms with E-state index in [1.54, 1.807) is 6.07 Å². The molecule has 0 bridgehead atoms. The van der Waals surface area contributed by atoms with Crippen molar-refractivity contribution in [2.24, 2.45) is 0 Å². The zero-order chi connectivity index (χ0) is 20.2. The van der Waals surface area contributed by atoms with Crippen LogP contribution in [0.5, 0.6) is 0 Å². The maximum absolute atomic E-state index is 12.7. The zero-order valence-corrected chi connectivity index (χ0v) is 17.8. The van der Waals surface area contributed by atoms with Crippen molar-refractivity contribution in [3.8, 4) is 17.2 Å². The fourth-order valence-electron chi connectivity index (χ4n) is 2.44. The van der Waals surface area contributed by atoms with Gasteiger partial charge in [0.15, 0.2) is 0 Å². The van der Waals surface area contributed by atoms with Crippen molar-refractivity contribution in [3.05, 3.63) is 46.2 Å². The van der Waals surface area contributed by atoms with Gasteiger partial charge in [0, 0.05) is 4.88 Å². The van der Waals surface area contributed by atoms with Crippen LogP contribution in [0.4, 0.5) is 0 Å². The third kappa shape index (κ3) is 5.25. The molecule has 0 radical (unpaired) electrons. The van der Waals surface area contributed by atoms with Crippen molar-refractivity contribution >= 4 is 28.3 Å². The highest BCUT2D eigenvalue weighted by atomic mass is 32.2. The largest absolute Gasteiger partial charge is 0.469 e. The fraction of sp³-hybridized carbons (Fsp3) is 0.400. The highest BCUT2D eigenvalue weighted by Crippen LogP contribution is 2.36. The minimum atomic E-state index is -1.36. The van der Waals surface area contributed by atoms with Gasteiger partial charge in [-0.05, 0) is 62.4 Å². The van der Waals surface area contributed by atoms with Crippen LogP contribution in [0.1, 0.15) is 44.6 Å². The minimum Gasteiger partial charge on any atom is -0.469 e. The van der Waals surface area contributed by atoms with E-state index in [2.05, 4.69) is 10.8 Å². The van der Waals surface area contributed by atoms with Crippen molar-refractivity contribution in [1.82, 2.24) is 4.72 Å². The molecule has 5 nitrogen and oxygen atoms in total. The van der Waals surface area contributed by atoms with Crippen LogP contribution < -0.4 is 4.72 Å². The molecule has 0 amide bonds. The molecule has 27 heavy (non-hydrogen) atoms. The summed E-state index contributed by atoms with van der Waals surface area (Å²) in [6.07, 6.45) is 0.0590. The van der Waals surface area contributed by atoms with Gasteiger partial charge in [-0.15, -0.1) is 11.3 Å². The van der Waals surface area contributed by atoms with Crippen molar-refractivity contribution < 1.29 is 13.7 Å². The van der Waals surface area contributed by atoms with Gasteiger partial charge >= 0.3 is 5.97 Å². The third-order valence-corrected chi connectivity index (χ3v) is 7.01. The number of thiophene rings is 1. The van der Waals surface area contributed by atoms with Crippen molar-refractivity contribution in [2.75, 3.05) is 7.11 Å². The van der Waals surface area contributed by atoms with Gasteiger partial charge in [0.25, 0.3) is 0 Å². The summed E-state index contributed by atoms with van der Waals surface area (Å²) in [6.45, 7) is 7.49. The molecule has 1 heterocycles. The van der Waals surface area contributed by atoms with Gasteiger partial charge in [-0.2, -0.15) is 5.26 Å². The Hall–Kier alpha value is -2.01. The lowest BCUT2D eigenvalue weighted by atomic mass is 9.95. The van der Waals surface area contributed by atoms with Crippen LogP contribution in [-0.2, 0) is 26.1 Å². The molecule has 144 valence electrons. The Kier molecular flexibility index (Phi) is 6.58. The number of rotatable bonds is 6. The molecule has 1 aromatic heterocycles. The number of ether oxygens (including phenoxy) is 1. The van der Waals surface area contributed by atoms with E-state index in [1.807, 2.05) is 57.3 Å². The average Bonchev–Trinajstić information content (AvgIpc) is 3.11. The Morgan fingerprint density at radius 2 is 1.96 bits per heavy atom. The lowest BCUT2D eigenvalue weighted by Gasteiger charge is -2.31. The molecule has 1 aromatic carbocycles. The summed E-state index contributed by atoms with van der Waals surface area (Å²) in [4.78, 5) is 12.9. The summed E-state index contributed by atoms with van der Waals surface area (Å²) in [5, 5.41) is 11.1. The van der Waals surface area contributed by atoms with E-state index in [0.29, 0.717) is 5.56 Å². The van der Waals surface area contributed by atoms with Gasteiger partial charge in [0.1, 0.15) is 0 Å². The van der Waals surface area contributed by atoms with Gasteiger partial charge in [-0.1, -0.05) is 12.1 Å². The summed E-state index contributed by atoms with van der Waals surface area (Å²) in [5.74, 6) is -0.377. The van der Waals surface area contributed by atoms with E-state index in [9.17, 15) is 9.00 Å². The second kappa shape index (κ2) is 8.34. The first-order valence-corrected chi connectivity index (χ1v) is 10.5. The second-order valence-corrected chi connectivity index (χ2v) is 10.3. The third-order valence-electron chi connectivity index (χ3n) is 4.07. The molecule has 0 aliphatic rings. The predicted molar refractivity (Wildman–Crippen MR) is 109 cm³/mol. The number of carbonyl (C=O) groups excluding carboxylic acids is 1. The SMILES string of the molecule is COC(=O)C[C@](C)(NS(=O)C(C)(C)C)c1cc(-c2cccc(C#N)c2)cs1. The van der Waals surface area contributed by atoms with E-state index in [4.69, 9.17) is 10.00 Å². The van der Waals surface area contributed by atoms with E-state index in [-0.39, 0.29) is 12.4 Å². The molecule has 0 aliphatic carbocycles. The van der Waals surface area contributed by atoms with Gasteiger partial charge in [-0.25, -0.2) is 8.93 Å². The molecule has 1 N–H and O–H groups in total. The van der Waals surface area contributed by atoms with Crippen LogP contribution in [0.2, 0.25) is 0 Å². The van der Waals surface area contributed by atoms with Gasteiger partial charge in [0.2, 0.25) is 0 Å². The minimum absolute atomic E-state index is 0.0590. The van der Waals surface area contributed by atoms with Crippen LogP contribution in [0.3, 0.4) is 0 Å². The van der Waals surface area contributed by atoms with E-state index in [1.165, 1.54) is 18.4 Å². The number of nitriles is 1. The molecule has 2 aromatic rings. The Morgan fingerprint density at radius 3 is 2.56 bits per heavy atom. The number of hydrogen-bond donors (Lipinski definition) is 1. The Labute approximate surface area is 167 Å². The Balaban J connectivity index is 2.41. The summed E-state index contributed by atoms with van der Waals surface area (Å²) >= 11 is 1.48. The van der Waals surface area contributed by atoms with Crippen molar-refractivity contribution in [2.45, 2.75) is 44.4 Å². The number of methoxy groups -OCH3 is 1. The lowest BCUT2D eigenvalue weighted by Crippen LogP contribution is -2.47. The number of esters is 1. The van der Waals surface area contributed by atoms with Crippen LogP contribution in [0, 0.1) is 11.3 Å². The smallest absolute Gasteiger partial charge is 0.307 e. The topological polar surface area (TPSA) is 79.2 Å². The zero-order valence-electron chi connectivity index (χ0n) is 16.2. The van der Waals surface area contributed by atoms with Crippen molar-refractivity contribution in [3.63, 3.8) is 0 Å². The number of benzene rings is 1. The molecule has 7 heteroatoms. The molecular formula is C20H24N2O3S2. The summed E-state index contributed by atoms with van der Waals surface area (Å²) < 4.78 is 20.2.